The molecule has 3 saturated heterocycles. The fraction of sp³-hybridized carbons (Fsp3) is 0.538. The van der Waals surface area contributed by atoms with E-state index in [9.17, 15) is 13.9 Å². The second kappa shape index (κ2) is 11.4. The van der Waals surface area contributed by atoms with Gasteiger partial charge in [0, 0.05) is 59.9 Å². The minimum atomic E-state index is -2.51. The molecule has 0 radical (unpaired) electrons. The molecule has 2 N–H and O–H groups in total. The number of hydrogen-bond donors (Lipinski definition) is 2. The van der Waals surface area contributed by atoms with E-state index in [-0.39, 0.29) is 40.5 Å². The maximum absolute atomic E-state index is 17.2. The number of hydrogen-bond acceptors (Lipinski definition) is 7. The number of piperazine rings is 1. The molecule has 2 aliphatic carbocycles. The highest BCUT2D eigenvalue weighted by molar-refractivity contribution is 6.04. The Morgan fingerprint density at radius 2 is 1.72 bits per heavy atom. The second-order valence-electron chi connectivity index (χ2n) is 15.8. The van der Waals surface area contributed by atoms with Gasteiger partial charge in [0.2, 0.25) is 0 Å². The highest BCUT2D eigenvalue weighted by atomic mass is 19.3. The van der Waals surface area contributed by atoms with E-state index in [4.69, 9.17) is 14.7 Å². The fourth-order valence-electron chi connectivity index (χ4n) is 9.25. The second-order valence-corrected chi connectivity index (χ2v) is 15.8. The zero-order valence-corrected chi connectivity index (χ0v) is 28.6. The van der Waals surface area contributed by atoms with Crippen molar-refractivity contribution >= 4 is 27.5 Å². The number of phenols is 1. The Hall–Kier alpha value is -3.70. The van der Waals surface area contributed by atoms with E-state index in [1.807, 2.05) is 19.9 Å². The van der Waals surface area contributed by atoms with Gasteiger partial charge in [-0.25, -0.2) is 17.6 Å². The lowest BCUT2D eigenvalue weighted by atomic mass is 9.89. The van der Waals surface area contributed by atoms with Crippen molar-refractivity contribution in [1.29, 1.82) is 0 Å². The first-order valence-corrected chi connectivity index (χ1v) is 18.2. The van der Waals surface area contributed by atoms with Crippen molar-refractivity contribution < 1.29 is 27.4 Å². The molecule has 2 atom stereocenters. The maximum Gasteiger partial charge on any atom is 0.319 e. The predicted molar refractivity (Wildman–Crippen MR) is 185 cm³/mol. The lowest BCUT2D eigenvalue weighted by molar-refractivity contribution is 0.0252. The topological polar surface area (TPSA) is 73.8 Å². The Balaban J connectivity index is 1.09. The molecule has 5 aliphatic rings. The molecule has 5 fully saturated rings. The first kappa shape index (κ1) is 32.2. The van der Waals surface area contributed by atoms with Crippen LogP contribution in [0.3, 0.4) is 0 Å². The van der Waals surface area contributed by atoms with Crippen LogP contribution in [0.15, 0.2) is 30.3 Å². The summed E-state index contributed by atoms with van der Waals surface area (Å²) in [5.41, 5.74) is 1.00. The molecule has 2 unspecified atom stereocenters. The number of fused-ring (bicyclic) bond motifs is 4. The van der Waals surface area contributed by atoms with Gasteiger partial charge in [0.25, 0.3) is 5.92 Å². The van der Waals surface area contributed by atoms with Gasteiger partial charge in [-0.1, -0.05) is 13.0 Å². The molecular weight excluding hydrogens is 646 g/mol. The molecule has 1 spiro atoms. The minimum Gasteiger partial charge on any atom is -0.508 e. The Bertz CT molecular complexity index is 2010. The molecule has 4 aromatic rings. The van der Waals surface area contributed by atoms with E-state index in [2.05, 4.69) is 15.1 Å². The SMILES string of the molecule is CCc1c(F)ccc2cc(O)cc(-c3c(C)cc4c(N5CC6CCC(C5)N6)nc(OCC5(CN6CCC7(CC6)CC7(F)F)CC5)nc4c3F)c12. The third kappa shape index (κ3) is 5.29. The quantitative estimate of drug-likeness (QED) is 0.186. The molecule has 264 valence electrons. The first-order valence-electron chi connectivity index (χ1n) is 18.2. The van der Waals surface area contributed by atoms with E-state index >= 15 is 8.78 Å². The summed E-state index contributed by atoms with van der Waals surface area (Å²) in [6.07, 6.45) is 5.56. The normalized spacial score (nSPS) is 24.7. The zero-order chi connectivity index (χ0) is 34.6. The van der Waals surface area contributed by atoms with E-state index in [1.165, 1.54) is 12.1 Å². The van der Waals surface area contributed by atoms with E-state index in [0.717, 1.165) is 45.3 Å². The molecule has 1 aromatic heterocycles. The molecule has 3 aromatic carbocycles. The lowest BCUT2D eigenvalue weighted by Gasteiger charge is -2.35. The first-order chi connectivity index (χ1) is 24.0. The number of aromatic hydroxyl groups is 1. The van der Waals surface area contributed by atoms with Crippen LogP contribution in [-0.2, 0) is 6.42 Å². The molecule has 7 nitrogen and oxygen atoms in total. The number of aromatic nitrogens is 2. The number of phenolic OH excluding ortho intramolecular Hbond substituents is 1. The summed E-state index contributed by atoms with van der Waals surface area (Å²) in [6, 6.07) is 8.75. The van der Waals surface area contributed by atoms with Crippen LogP contribution in [0, 0.1) is 29.4 Å². The average molecular weight is 690 g/mol. The van der Waals surface area contributed by atoms with Crippen LogP contribution in [0.5, 0.6) is 11.8 Å². The molecule has 9 rings (SSSR count). The number of nitrogens with zero attached hydrogens (tertiary/aromatic N) is 4. The van der Waals surface area contributed by atoms with Crippen LogP contribution < -0.4 is 15.0 Å². The largest absolute Gasteiger partial charge is 0.508 e. The smallest absolute Gasteiger partial charge is 0.319 e. The third-order valence-electron chi connectivity index (χ3n) is 12.4. The van der Waals surface area contributed by atoms with Crippen LogP contribution in [0.25, 0.3) is 32.8 Å². The van der Waals surface area contributed by atoms with Gasteiger partial charge < -0.3 is 25.0 Å². The molecule has 3 aliphatic heterocycles. The van der Waals surface area contributed by atoms with Crippen LogP contribution >= 0.6 is 0 Å². The van der Waals surface area contributed by atoms with Gasteiger partial charge >= 0.3 is 6.01 Å². The summed E-state index contributed by atoms with van der Waals surface area (Å²) >= 11 is 0. The third-order valence-corrected chi connectivity index (χ3v) is 12.4. The number of piperidine rings is 1. The minimum absolute atomic E-state index is 0.0222. The lowest BCUT2D eigenvalue weighted by Crippen LogP contribution is -2.51. The van der Waals surface area contributed by atoms with Crippen LogP contribution in [0.2, 0.25) is 0 Å². The van der Waals surface area contributed by atoms with Crippen molar-refractivity contribution in [3.05, 3.63) is 53.1 Å². The Morgan fingerprint density at radius 3 is 2.38 bits per heavy atom. The molecule has 50 heavy (non-hydrogen) atoms. The van der Waals surface area contributed by atoms with Gasteiger partial charge in [-0.15, -0.1) is 0 Å². The van der Waals surface area contributed by atoms with Crippen molar-refractivity contribution in [1.82, 2.24) is 20.2 Å². The Morgan fingerprint density at radius 1 is 1.00 bits per heavy atom. The molecular formula is C39H43F4N5O2. The summed E-state index contributed by atoms with van der Waals surface area (Å²) in [6.45, 7) is 7.63. The average Bonchev–Trinajstić information content (AvgIpc) is 3.93. The summed E-state index contributed by atoms with van der Waals surface area (Å²) < 4.78 is 66.7. The summed E-state index contributed by atoms with van der Waals surface area (Å²) in [5.74, 6) is -2.85. The van der Waals surface area contributed by atoms with Crippen LogP contribution in [0.1, 0.15) is 63.0 Å². The van der Waals surface area contributed by atoms with Crippen LogP contribution in [-0.4, -0.2) is 77.3 Å². The van der Waals surface area contributed by atoms with E-state index in [0.29, 0.717) is 89.7 Å². The number of anilines is 1. The standard InChI is InChI=1S/C39H43F4N5O2/c1-3-27-30(40)7-4-23-15-26(49)16-28(32(23)27)31-22(2)14-29-34(33(31)41)45-36(46-35(29)48-17-24-5-6-25(18-48)44-24)50-21-37(8-9-37)20-47-12-10-38(11-13-47)19-39(38,42)43/h4,7,14-16,24-25,44,49H,3,5-6,8-13,17-21H2,1-2H3. The van der Waals surface area contributed by atoms with Crippen LogP contribution in [0.4, 0.5) is 23.4 Å². The fourth-order valence-corrected chi connectivity index (χ4v) is 9.25. The number of halogens is 4. The van der Waals surface area contributed by atoms with E-state index in [1.54, 1.807) is 12.1 Å². The Labute approximate surface area is 289 Å². The van der Waals surface area contributed by atoms with Crippen molar-refractivity contribution in [3.8, 4) is 22.9 Å². The van der Waals surface area contributed by atoms with Gasteiger partial charge in [0.1, 0.15) is 22.9 Å². The number of benzene rings is 3. The number of ether oxygens (including phenoxy) is 1. The van der Waals surface area contributed by atoms with Gasteiger partial charge in [0.05, 0.1) is 6.61 Å². The van der Waals surface area contributed by atoms with Crippen molar-refractivity contribution in [2.45, 2.75) is 83.2 Å². The number of likely N-dealkylation sites (tertiary alicyclic amines) is 1. The maximum atomic E-state index is 17.2. The Kier molecular flexibility index (Phi) is 7.35. The summed E-state index contributed by atoms with van der Waals surface area (Å²) in [7, 11) is 0. The highest BCUT2D eigenvalue weighted by Gasteiger charge is 2.70. The number of nitrogens with one attached hydrogen (secondary N) is 1. The van der Waals surface area contributed by atoms with Crippen molar-refractivity contribution in [2.75, 3.05) is 44.2 Å². The predicted octanol–water partition coefficient (Wildman–Crippen LogP) is 7.53. The zero-order valence-electron chi connectivity index (χ0n) is 28.6. The summed E-state index contributed by atoms with van der Waals surface area (Å²) in [5, 5.41) is 16.2. The van der Waals surface area contributed by atoms with Crippen molar-refractivity contribution in [2.24, 2.45) is 10.8 Å². The highest BCUT2D eigenvalue weighted by Crippen LogP contribution is 2.66. The molecule has 0 amide bonds. The number of alkyl halides is 2. The molecule has 11 heteroatoms. The summed E-state index contributed by atoms with van der Waals surface area (Å²) in [4.78, 5) is 14.2. The van der Waals surface area contributed by atoms with Gasteiger partial charge in [-0.05, 0) is 117 Å². The van der Waals surface area contributed by atoms with E-state index < -0.39 is 17.2 Å². The molecule has 4 heterocycles. The molecule has 2 bridgehead atoms. The van der Waals surface area contributed by atoms with Crippen molar-refractivity contribution in [3.63, 3.8) is 0 Å². The van der Waals surface area contributed by atoms with Gasteiger partial charge in [-0.3, -0.25) is 0 Å². The van der Waals surface area contributed by atoms with Gasteiger partial charge in [-0.2, -0.15) is 9.97 Å². The monoisotopic (exact) mass is 689 g/mol. The number of aryl methyl sites for hydroxylation is 2. The molecule has 2 saturated carbocycles. The number of rotatable bonds is 8. The van der Waals surface area contributed by atoms with Gasteiger partial charge in [0.15, 0.2) is 5.82 Å².